The van der Waals surface area contributed by atoms with Crippen molar-refractivity contribution in [3.63, 3.8) is 0 Å². The van der Waals surface area contributed by atoms with Gasteiger partial charge in [-0.2, -0.15) is 0 Å². The van der Waals surface area contributed by atoms with Crippen LogP contribution in [0.3, 0.4) is 0 Å². The number of aryl methyl sites for hydroxylation is 1. The summed E-state index contributed by atoms with van der Waals surface area (Å²) in [7, 11) is 0. The number of hydrogen-bond donors (Lipinski definition) is 1. The molecule has 1 unspecified atom stereocenters. The minimum atomic E-state index is -0.597. The molecule has 0 bridgehead atoms. The van der Waals surface area contributed by atoms with E-state index in [0.717, 1.165) is 5.56 Å². The molecule has 1 heterocycles. The zero-order valence-electron chi connectivity index (χ0n) is 13.2. The number of ether oxygens (including phenoxy) is 3. The van der Waals surface area contributed by atoms with Crippen molar-refractivity contribution in [2.75, 3.05) is 12.5 Å². The van der Waals surface area contributed by atoms with Crippen LogP contribution in [0.4, 0.5) is 5.69 Å². The topological polar surface area (TPSA) is 70.8 Å². The van der Waals surface area contributed by atoms with E-state index in [1.807, 2.05) is 26.0 Å². The molecule has 0 aliphatic carbocycles. The molecule has 2 aromatic rings. The third-order valence-electron chi connectivity index (χ3n) is 3.75. The number of anilines is 1. The second-order valence-corrected chi connectivity index (χ2v) is 5.49. The quantitative estimate of drug-likeness (QED) is 0.677. The molecule has 0 amide bonds. The van der Waals surface area contributed by atoms with E-state index in [4.69, 9.17) is 19.9 Å². The first kappa shape index (κ1) is 15.2. The van der Waals surface area contributed by atoms with Crippen molar-refractivity contribution >= 4 is 11.5 Å². The fraction of sp³-hybridized carbons (Fsp3) is 0.278. The van der Waals surface area contributed by atoms with Crippen molar-refractivity contribution in [3.8, 4) is 17.2 Å². The molecule has 0 spiro atoms. The Morgan fingerprint density at radius 3 is 2.74 bits per heavy atom. The van der Waals surface area contributed by atoms with Crippen molar-refractivity contribution in [2.45, 2.75) is 26.4 Å². The monoisotopic (exact) mass is 313 g/mol. The number of hydrogen-bond acceptors (Lipinski definition) is 5. The fourth-order valence-electron chi connectivity index (χ4n) is 2.49. The van der Waals surface area contributed by atoms with Gasteiger partial charge >= 0.3 is 0 Å². The summed E-state index contributed by atoms with van der Waals surface area (Å²) >= 11 is 0. The lowest BCUT2D eigenvalue weighted by molar-refractivity contribution is 0.0787. The summed E-state index contributed by atoms with van der Waals surface area (Å²) in [5.41, 5.74) is 8.07. The van der Waals surface area contributed by atoms with Crippen molar-refractivity contribution in [3.05, 3.63) is 47.5 Å². The third-order valence-corrected chi connectivity index (χ3v) is 3.75. The maximum atomic E-state index is 12.7. The highest BCUT2D eigenvalue weighted by atomic mass is 16.7. The zero-order chi connectivity index (χ0) is 16.4. The number of ketones is 1. The maximum absolute atomic E-state index is 12.7. The molecule has 5 heteroatoms. The van der Waals surface area contributed by atoms with Crippen LogP contribution < -0.4 is 19.9 Å². The Kier molecular flexibility index (Phi) is 4.10. The molecular weight excluding hydrogens is 294 g/mol. The van der Waals surface area contributed by atoms with Gasteiger partial charge in [0.15, 0.2) is 17.6 Å². The lowest BCUT2D eigenvalue weighted by atomic mass is 10.0. The van der Waals surface area contributed by atoms with Crippen LogP contribution in [0.2, 0.25) is 0 Å². The highest BCUT2D eigenvalue weighted by Gasteiger charge is 2.23. The second kappa shape index (κ2) is 6.20. The van der Waals surface area contributed by atoms with Gasteiger partial charge in [0.1, 0.15) is 5.75 Å². The first-order chi connectivity index (χ1) is 11.1. The van der Waals surface area contributed by atoms with Crippen LogP contribution in [0.15, 0.2) is 36.4 Å². The number of carbonyl (C=O) groups excluding carboxylic acids is 1. The predicted molar refractivity (Wildman–Crippen MR) is 87.2 cm³/mol. The molecule has 2 N–H and O–H groups in total. The summed E-state index contributed by atoms with van der Waals surface area (Å²) < 4.78 is 16.4. The van der Waals surface area contributed by atoms with Crippen LogP contribution in [-0.2, 0) is 0 Å². The molecule has 0 aromatic heterocycles. The zero-order valence-corrected chi connectivity index (χ0v) is 13.2. The molecule has 23 heavy (non-hydrogen) atoms. The standard InChI is InChI=1S/C18H19NO4/c1-3-14(23-15-6-4-11(2)8-13(15)19)18(20)12-5-7-16-17(9-12)22-10-21-16/h4-9,14H,3,10,19H2,1-2H3. The molecule has 2 aromatic carbocycles. The minimum absolute atomic E-state index is 0.106. The first-order valence-corrected chi connectivity index (χ1v) is 7.55. The number of rotatable bonds is 5. The molecule has 5 nitrogen and oxygen atoms in total. The molecular formula is C18H19NO4. The predicted octanol–water partition coefficient (Wildman–Crippen LogP) is 3.35. The van der Waals surface area contributed by atoms with E-state index >= 15 is 0 Å². The molecule has 120 valence electrons. The van der Waals surface area contributed by atoms with Gasteiger partial charge in [0.2, 0.25) is 12.6 Å². The van der Waals surface area contributed by atoms with E-state index < -0.39 is 6.10 Å². The van der Waals surface area contributed by atoms with Crippen molar-refractivity contribution in [1.29, 1.82) is 0 Å². The molecule has 1 atom stereocenters. The minimum Gasteiger partial charge on any atom is -0.480 e. The van der Waals surface area contributed by atoms with Crippen molar-refractivity contribution in [1.82, 2.24) is 0 Å². The van der Waals surface area contributed by atoms with E-state index in [1.54, 1.807) is 24.3 Å². The summed E-state index contributed by atoms with van der Waals surface area (Å²) in [5, 5.41) is 0. The van der Waals surface area contributed by atoms with Crippen LogP contribution in [0.1, 0.15) is 29.3 Å². The van der Waals surface area contributed by atoms with Crippen LogP contribution in [0.25, 0.3) is 0 Å². The van der Waals surface area contributed by atoms with Gasteiger partial charge in [0.05, 0.1) is 5.69 Å². The SMILES string of the molecule is CCC(Oc1ccc(C)cc1N)C(=O)c1ccc2c(c1)OCO2. The summed E-state index contributed by atoms with van der Waals surface area (Å²) in [6, 6.07) is 10.7. The summed E-state index contributed by atoms with van der Waals surface area (Å²) in [5.74, 6) is 1.65. The Hall–Kier alpha value is -2.69. The Labute approximate surface area is 135 Å². The van der Waals surface area contributed by atoms with Gasteiger partial charge in [0.25, 0.3) is 0 Å². The van der Waals surface area contributed by atoms with Gasteiger partial charge in [-0.15, -0.1) is 0 Å². The fourth-order valence-corrected chi connectivity index (χ4v) is 2.49. The lowest BCUT2D eigenvalue weighted by Crippen LogP contribution is -2.27. The normalized spacial score (nSPS) is 13.7. The van der Waals surface area contributed by atoms with Crippen molar-refractivity contribution in [2.24, 2.45) is 0 Å². The summed E-state index contributed by atoms with van der Waals surface area (Å²) in [6.07, 6.45) is -0.0546. The number of carbonyl (C=O) groups is 1. The van der Waals surface area contributed by atoms with Gasteiger partial charge in [-0.05, 0) is 49.2 Å². The number of Topliss-reactive ketones (excluding diaryl/α,β-unsaturated/α-hetero) is 1. The smallest absolute Gasteiger partial charge is 0.231 e. The van der Waals surface area contributed by atoms with Crippen LogP contribution in [-0.4, -0.2) is 18.7 Å². The largest absolute Gasteiger partial charge is 0.480 e. The Morgan fingerprint density at radius 1 is 1.22 bits per heavy atom. The molecule has 0 saturated carbocycles. The van der Waals surface area contributed by atoms with Gasteiger partial charge in [-0.1, -0.05) is 13.0 Å². The maximum Gasteiger partial charge on any atom is 0.231 e. The van der Waals surface area contributed by atoms with Gasteiger partial charge in [0, 0.05) is 5.56 Å². The highest BCUT2D eigenvalue weighted by Crippen LogP contribution is 2.33. The summed E-state index contributed by atoms with van der Waals surface area (Å²) in [6.45, 7) is 4.04. The molecule has 0 radical (unpaired) electrons. The second-order valence-electron chi connectivity index (χ2n) is 5.49. The average molecular weight is 313 g/mol. The molecule has 1 aliphatic heterocycles. The Morgan fingerprint density at radius 2 is 2.00 bits per heavy atom. The number of fused-ring (bicyclic) bond motifs is 1. The molecule has 0 fully saturated rings. The van der Waals surface area contributed by atoms with Gasteiger partial charge in [-0.3, -0.25) is 4.79 Å². The number of benzene rings is 2. The lowest BCUT2D eigenvalue weighted by Gasteiger charge is -2.18. The van der Waals surface area contributed by atoms with E-state index in [9.17, 15) is 4.79 Å². The van der Waals surface area contributed by atoms with Crippen LogP contribution >= 0.6 is 0 Å². The van der Waals surface area contributed by atoms with E-state index in [0.29, 0.717) is 34.9 Å². The Bertz CT molecular complexity index is 742. The van der Waals surface area contributed by atoms with Crippen molar-refractivity contribution < 1.29 is 19.0 Å². The number of nitrogen functional groups attached to an aromatic ring is 1. The first-order valence-electron chi connectivity index (χ1n) is 7.55. The Balaban J connectivity index is 1.81. The third kappa shape index (κ3) is 3.08. The van der Waals surface area contributed by atoms with Crippen LogP contribution in [0, 0.1) is 6.92 Å². The van der Waals surface area contributed by atoms with Gasteiger partial charge < -0.3 is 19.9 Å². The number of nitrogens with two attached hydrogens (primary N) is 1. The molecule has 0 saturated heterocycles. The van der Waals surface area contributed by atoms with E-state index in [1.165, 1.54) is 0 Å². The van der Waals surface area contributed by atoms with Gasteiger partial charge in [-0.25, -0.2) is 0 Å². The summed E-state index contributed by atoms with van der Waals surface area (Å²) in [4.78, 5) is 12.7. The van der Waals surface area contributed by atoms with Crippen LogP contribution in [0.5, 0.6) is 17.2 Å². The molecule has 3 rings (SSSR count). The molecule has 1 aliphatic rings. The van der Waals surface area contributed by atoms with E-state index in [2.05, 4.69) is 0 Å². The average Bonchev–Trinajstić information content (AvgIpc) is 3.01. The highest BCUT2D eigenvalue weighted by molar-refractivity contribution is 6.00. The van der Waals surface area contributed by atoms with E-state index in [-0.39, 0.29) is 12.6 Å².